The Balaban J connectivity index is 2.89. The van der Waals surface area contributed by atoms with Gasteiger partial charge in [-0.25, -0.2) is 4.98 Å². The van der Waals surface area contributed by atoms with Gasteiger partial charge < -0.3 is 16.4 Å². The normalized spacial score (nSPS) is 12.0. The molecule has 0 radical (unpaired) electrons. The van der Waals surface area contributed by atoms with Crippen molar-refractivity contribution in [3.63, 3.8) is 0 Å². The summed E-state index contributed by atoms with van der Waals surface area (Å²) in [6.07, 6.45) is 0. The number of nitrogens with one attached hydrogen (secondary N) is 2. The van der Waals surface area contributed by atoms with Crippen molar-refractivity contribution in [3.05, 3.63) is 22.2 Å². The molecule has 1 atom stereocenters. The lowest BCUT2D eigenvalue weighted by atomic mass is 10.2. The molecule has 0 aliphatic carbocycles. The van der Waals surface area contributed by atoms with Gasteiger partial charge in [-0.15, -0.1) is 0 Å². The van der Waals surface area contributed by atoms with Crippen LogP contribution in [0.4, 0.5) is 17.3 Å². The van der Waals surface area contributed by atoms with Gasteiger partial charge in [-0.05, 0) is 26.8 Å². The predicted octanol–water partition coefficient (Wildman–Crippen LogP) is 0.897. The Bertz CT molecular complexity index is 489. The third-order valence-electron chi connectivity index (χ3n) is 2.27. The molecule has 1 amide bonds. The maximum atomic E-state index is 11.7. The number of aromatic nitrogens is 1. The van der Waals surface area contributed by atoms with Gasteiger partial charge in [-0.3, -0.25) is 14.9 Å². The molecule has 104 valence electrons. The molecule has 19 heavy (non-hydrogen) atoms. The zero-order chi connectivity index (χ0) is 14.6. The van der Waals surface area contributed by atoms with Crippen LogP contribution in [0.3, 0.4) is 0 Å². The standard InChI is InChI=1S/C11H17N5O3/c1-6(2)13-11(17)7(3)14-10-8(16(18)19)4-5-9(12)15-10/h4-7H,1-3H3,(H,13,17)(H3,12,14,15). The maximum Gasteiger partial charge on any atom is 0.311 e. The number of carbonyl (C=O) groups is 1. The second kappa shape index (κ2) is 5.98. The van der Waals surface area contributed by atoms with Gasteiger partial charge in [0.05, 0.1) is 4.92 Å². The molecule has 1 aromatic rings. The lowest BCUT2D eigenvalue weighted by Crippen LogP contribution is -2.41. The van der Waals surface area contributed by atoms with E-state index in [2.05, 4.69) is 15.6 Å². The molecule has 0 aromatic carbocycles. The molecule has 0 aliphatic rings. The molecule has 0 spiro atoms. The summed E-state index contributed by atoms with van der Waals surface area (Å²) in [4.78, 5) is 25.8. The Hall–Kier alpha value is -2.38. The highest BCUT2D eigenvalue weighted by atomic mass is 16.6. The molecule has 1 unspecified atom stereocenters. The first-order valence-electron chi connectivity index (χ1n) is 5.79. The average molecular weight is 267 g/mol. The zero-order valence-electron chi connectivity index (χ0n) is 11.0. The van der Waals surface area contributed by atoms with E-state index < -0.39 is 11.0 Å². The van der Waals surface area contributed by atoms with E-state index in [0.717, 1.165) is 0 Å². The van der Waals surface area contributed by atoms with E-state index in [9.17, 15) is 14.9 Å². The van der Waals surface area contributed by atoms with Gasteiger partial charge in [-0.2, -0.15) is 0 Å². The third kappa shape index (κ3) is 4.09. The summed E-state index contributed by atoms with van der Waals surface area (Å²) in [5.41, 5.74) is 5.26. The van der Waals surface area contributed by atoms with Crippen molar-refractivity contribution in [2.24, 2.45) is 0 Å². The summed E-state index contributed by atoms with van der Waals surface area (Å²) >= 11 is 0. The van der Waals surface area contributed by atoms with Gasteiger partial charge in [0.1, 0.15) is 11.9 Å². The zero-order valence-corrected chi connectivity index (χ0v) is 11.0. The number of nitrogens with two attached hydrogens (primary N) is 1. The third-order valence-corrected chi connectivity index (χ3v) is 2.27. The molecule has 1 heterocycles. The van der Waals surface area contributed by atoms with Crippen LogP contribution in [0.1, 0.15) is 20.8 Å². The van der Waals surface area contributed by atoms with E-state index >= 15 is 0 Å². The van der Waals surface area contributed by atoms with Gasteiger partial charge in [0.2, 0.25) is 11.7 Å². The summed E-state index contributed by atoms with van der Waals surface area (Å²) in [6, 6.07) is 1.91. The molecule has 1 rings (SSSR count). The van der Waals surface area contributed by atoms with Crippen molar-refractivity contribution < 1.29 is 9.72 Å². The molecule has 8 heteroatoms. The second-order valence-corrected chi connectivity index (χ2v) is 4.39. The molecule has 0 bridgehead atoms. The average Bonchev–Trinajstić information content (AvgIpc) is 2.27. The van der Waals surface area contributed by atoms with Gasteiger partial charge in [0, 0.05) is 12.1 Å². The van der Waals surface area contributed by atoms with Crippen molar-refractivity contribution >= 4 is 23.2 Å². The number of nitrogens with zero attached hydrogens (tertiary/aromatic N) is 2. The van der Waals surface area contributed by atoms with Crippen LogP contribution in [0.25, 0.3) is 0 Å². The molecule has 0 fully saturated rings. The first-order chi connectivity index (χ1) is 8.81. The minimum absolute atomic E-state index is 0.0134. The smallest absolute Gasteiger partial charge is 0.311 e. The number of nitro groups is 1. The molecular formula is C11H17N5O3. The van der Waals surface area contributed by atoms with Gasteiger partial charge in [0.15, 0.2) is 0 Å². The van der Waals surface area contributed by atoms with Crippen molar-refractivity contribution in [2.75, 3.05) is 11.1 Å². The number of carbonyl (C=O) groups excluding carboxylic acids is 1. The van der Waals surface area contributed by atoms with E-state index in [1.807, 2.05) is 13.8 Å². The SMILES string of the molecule is CC(C)NC(=O)C(C)Nc1nc(N)ccc1[N+](=O)[O-]. The number of nitrogen functional groups attached to an aromatic ring is 1. The fraction of sp³-hybridized carbons (Fsp3) is 0.455. The Morgan fingerprint density at radius 1 is 1.42 bits per heavy atom. The predicted molar refractivity (Wildman–Crippen MR) is 71.7 cm³/mol. The van der Waals surface area contributed by atoms with Crippen molar-refractivity contribution in [3.8, 4) is 0 Å². The Morgan fingerprint density at radius 2 is 2.05 bits per heavy atom. The number of hydrogen-bond acceptors (Lipinski definition) is 6. The molecule has 0 aliphatic heterocycles. The van der Waals surface area contributed by atoms with E-state index in [-0.39, 0.29) is 29.3 Å². The van der Waals surface area contributed by atoms with Crippen LogP contribution in [-0.4, -0.2) is 27.9 Å². The Morgan fingerprint density at radius 3 is 2.58 bits per heavy atom. The van der Waals surface area contributed by atoms with Gasteiger partial charge >= 0.3 is 5.69 Å². The Labute approximate surface area is 110 Å². The van der Waals surface area contributed by atoms with Crippen molar-refractivity contribution in [1.82, 2.24) is 10.3 Å². The van der Waals surface area contributed by atoms with E-state index in [1.165, 1.54) is 12.1 Å². The van der Waals surface area contributed by atoms with Crippen molar-refractivity contribution in [1.29, 1.82) is 0 Å². The van der Waals surface area contributed by atoms with Crippen LogP contribution >= 0.6 is 0 Å². The molecule has 8 nitrogen and oxygen atoms in total. The highest BCUT2D eigenvalue weighted by Gasteiger charge is 2.20. The Kier molecular flexibility index (Phi) is 4.62. The molecular weight excluding hydrogens is 250 g/mol. The second-order valence-electron chi connectivity index (χ2n) is 4.39. The summed E-state index contributed by atoms with van der Waals surface area (Å²) in [7, 11) is 0. The quantitative estimate of drug-likeness (QED) is 0.538. The summed E-state index contributed by atoms with van der Waals surface area (Å²) in [5.74, 6) is -0.144. The monoisotopic (exact) mass is 267 g/mol. The number of pyridine rings is 1. The number of rotatable bonds is 5. The number of amides is 1. The topological polar surface area (TPSA) is 123 Å². The molecule has 1 aromatic heterocycles. The highest BCUT2D eigenvalue weighted by Crippen LogP contribution is 2.23. The summed E-state index contributed by atoms with van der Waals surface area (Å²) in [5, 5.41) is 16.2. The van der Waals surface area contributed by atoms with Gasteiger partial charge in [-0.1, -0.05) is 0 Å². The van der Waals surface area contributed by atoms with Crippen LogP contribution in [0.15, 0.2) is 12.1 Å². The van der Waals surface area contributed by atoms with Crippen LogP contribution < -0.4 is 16.4 Å². The molecule has 0 saturated carbocycles. The molecule has 4 N–H and O–H groups in total. The lowest BCUT2D eigenvalue weighted by Gasteiger charge is -2.16. The van der Waals surface area contributed by atoms with Crippen LogP contribution in [0.5, 0.6) is 0 Å². The summed E-state index contributed by atoms with van der Waals surface area (Å²) in [6.45, 7) is 5.24. The highest BCUT2D eigenvalue weighted by molar-refractivity contribution is 5.84. The minimum Gasteiger partial charge on any atom is -0.384 e. The molecule has 0 saturated heterocycles. The van der Waals surface area contributed by atoms with Crippen molar-refractivity contribution in [2.45, 2.75) is 32.9 Å². The lowest BCUT2D eigenvalue weighted by molar-refractivity contribution is -0.384. The number of hydrogen-bond donors (Lipinski definition) is 3. The first kappa shape index (κ1) is 14.7. The van der Waals surface area contributed by atoms with E-state index in [4.69, 9.17) is 5.73 Å². The maximum absolute atomic E-state index is 11.7. The van der Waals surface area contributed by atoms with Crippen LogP contribution in [0, 0.1) is 10.1 Å². The first-order valence-corrected chi connectivity index (χ1v) is 5.79. The van der Waals surface area contributed by atoms with Crippen LogP contribution in [-0.2, 0) is 4.79 Å². The fourth-order valence-electron chi connectivity index (χ4n) is 1.40. The number of anilines is 2. The summed E-state index contributed by atoms with van der Waals surface area (Å²) < 4.78 is 0. The van der Waals surface area contributed by atoms with E-state index in [1.54, 1.807) is 6.92 Å². The van der Waals surface area contributed by atoms with Crippen LogP contribution in [0.2, 0.25) is 0 Å². The minimum atomic E-state index is -0.657. The van der Waals surface area contributed by atoms with Gasteiger partial charge in [0.25, 0.3) is 0 Å². The fourth-order valence-corrected chi connectivity index (χ4v) is 1.40. The van der Waals surface area contributed by atoms with E-state index in [0.29, 0.717) is 0 Å². The largest absolute Gasteiger partial charge is 0.384 e.